The zero-order valence-electron chi connectivity index (χ0n) is 15.2. The highest BCUT2D eigenvalue weighted by molar-refractivity contribution is 9.10. The SMILES string of the molecule is CC(=O)Nc1cccc(N=Cc2c(C)[nH]n(-c3ccc(Br)c(C)c3)c2=O)c1. The van der Waals surface area contributed by atoms with Crippen molar-refractivity contribution in [1.29, 1.82) is 0 Å². The molecule has 27 heavy (non-hydrogen) atoms. The summed E-state index contributed by atoms with van der Waals surface area (Å²) in [5.74, 6) is -0.148. The van der Waals surface area contributed by atoms with Gasteiger partial charge in [0, 0.05) is 29.0 Å². The van der Waals surface area contributed by atoms with Gasteiger partial charge in [0.05, 0.1) is 16.9 Å². The number of benzene rings is 2. The van der Waals surface area contributed by atoms with E-state index in [-0.39, 0.29) is 11.5 Å². The molecule has 2 aromatic carbocycles. The van der Waals surface area contributed by atoms with Crippen molar-refractivity contribution in [2.75, 3.05) is 5.32 Å². The minimum atomic E-state index is -0.170. The van der Waals surface area contributed by atoms with Crippen LogP contribution in [-0.2, 0) is 4.79 Å². The second kappa shape index (κ2) is 7.75. The fourth-order valence-electron chi connectivity index (χ4n) is 2.67. The number of hydrogen-bond acceptors (Lipinski definition) is 3. The Labute approximate surface area is 165 Å². The van der Waals surface area contributed by atoms with Crippen molar-refractivity contribution in [3.63, 3.8) is 0 Å². The number of hydrogen-bond donors (Lipinski definition) is 2. The van der Waals surface area contributed by atoms with E-state index in [0.717, 1.165) is 21.4 Å². The smallest absolute Gasteiger partial charge is 0.280 e. The molecular weight excluding hydrogens is 408 g/mol. The molecule has 0 atom stereocenters. The number of carbonyl (C=O) groups is 1. The van der Waals surface area contributed by atoms with Crippen LogP contribution in [0.3, 0.4) is 0 Å². The van der Waals surface area contributed by atoms with E-state index < -0.39 is 0 Å². The predicted octanol–water partition coefficient (Wildman–Crippen LogP) is 4.25. The summed E-state index contributed by atoms with van der Waals surface area (Å²) >= 11 is 3.47. The molecular formula is C20H19BrN4O2. The van der Waals surface area contributed by atoms with Gasteiger partial charge in [0.1, 0.15) is 0 Å². The monoisotopic (exact) mass is 426 g/mol. The molecule has 7 heteroatoms. The Morgan fingerprint density at radius 1 is 1.22 bits per heavy atom. The molecule has 1 amide bonds. The highest BCUT2D eigenvalue weighted by Gasteiger charge is 2.11. The molecule has 2 N–H and O–H groups in total. The average molecular weight is 427 g/mol. The molecule has 3 aromatic rings. The maximum Gasteiger partial charge on any atom is 0.280 e. The number of aromatic nitrogens is 2. The first-order valence-corrected chi connectivity index (χ1v) is 9.14. The van der Waals surface area contributed by atoms with Crippen molar-refractivity contribution in [2.45, 2.75) is 20.8 Å². The fourth-order valence-corrected chi connectivity index (χ4v) is 2.91. The Balaban J connectivity index is 1.93. The Morgan fingerprint density at radius 3 is 2.70 bits per heavy atom. The average Bonchev–Trinajstić information content (AvgIpc) is 2.89. The van der Waals surface area contributed by atoms with E-state index in [4.69, 9.17) is 0 Å². The zero-order chi connectivity index (χ0) is 19.6. The second-order valence-electron chi connectivity index (χ2n) is 6.21. The lowest BCUT2D eigenvalue weighted by atomic mass is 10.2. The first-order valence-electron chi connectivity index (χ1n) is 8.35. The van der Waals surface area contributed by atoms with Crippen molar-refractivity contribution < 1.29 is 4.79 Å². The van der Waals surface area contributed by atoms with Crippen LogP contribution in [-0.4, -0.2) is 21.9 Å². The van der Waals surface area contributed by atoms with E-state index in [9.17, 15) is 9.59 Å². The van der Waals surface area contributed by atoms with Crippen molar-refractivity contribution in [1.82, 2.24) is 9.78 Å². The summed E-state index contributed by atoms with van der Waals surface area (Å²) in [6, 6.07) is 12.8. The number of aryl methyl sites for hydroxylation is 2. The van der Waals surface area contributed by atoms with Gasteiger partial charge in [0.25, 0.3) is 5.56 Å². The molecule has 0 aliphatic carbocycles. The standard InChI is InChI=1S/C20H19BrN4O2/c1-12-9-17(7-8-19(12)21)25-20(27)18(13(2)24-25)11-22-15-5-4-6-16(10-15)23-14(3)26/h4-11,24H,1-3H3,(H,23,26). The number of aliphatic imine (C=N–C) groups is 1. The minimum Gasteiger partial charge on any atom is -0.326 e. The minimum absolute atomic E-state index is 0.148. The van der Waals surface area contributed by atoms with E-state index in [1.165, 1.54) is 11.6 Å². The first-order chi connectivity index (χ1) is 12.8. The van der Waals surface area contributed by atoms with Crippen LogP contribution in [0.15, 0.2) is 56.7 Å². The van der Waals surface area contributed by atoms with Gasteiger partial charge >= 0.3 is 0 Å². The van der Waals surface area contributed by atoms with E-state index >= 15 is 0 Å². The Bertz CT molecular complexity index is 1100. The van der Waals surface area contributed by atoms with Crippen LogP contribution in [0.25, 0.3) is 5.69 Å². The van der Waals surface area contributed by atoms with E-state index in [1.54, 1.807) is 30.5 Å². The van der Waals surface area contributed by atoms with Crippen molar-refractivity contribution in [3.8, 4) is 5.69 Å². The van der Waals surface area contributed by atoms with Gasteiger partial charge in [0.15, 0.2) is 0 Å². The molecule has 0 aliphatic rings. The summed E-state index contributed by atoms with van der Waals surface area (Å²) < 4.78 is 2.49. The molecule has 1 heterocycles. The van der Waals surface area contributed by atoms with Gasteiger partial charge < -0.3 is 5.32 Å². The zero-order valence-corrected chi connectivity index (χ0v) is 16.8. The first kappa shape index (κ1) is 18.8. The van der Waals surface area contributed by atoms with E-state index in [1.807, 2.05) is 32.0 Å². The maximum atomic E-state index is 12.8. The van der Waals surface area contributed by atoms with Gasteiger partial charge in [-0.2, -0.15) is 0 Å². The number of anilines is 1. The van der Waals surface area contributed by atoms with Gasteiger partial charge in [-0.25, -0.2) is 4.68 Å². The molecule has 0 fully saturated rings. The van der Waals surface area contributed by atoms with Crippen LogP contribution in [0.5, 0.6) is 0 Å². The number of rotatable bonds is 4. The molecule has 6 nitrogen and oxygen atoms in total. The molecule has 3 rings (SSSR count). The Morgan fingerprint density at radius 2 is 2.00 bits per heavy atom. The van der Waals surface area contributed by atoms with Crippen LogP contribution < -0.4 is 10.9 Å². The van der Waals surface area contributed by atoms with E-state index in [2.05, 4.69) is 31.3 Å². The molecule has 0 saturated heterocycles. The van der Waals surface area contributed by atoms with Crippen LogP contribution in [0, 0.1) is 13.8 Å². The normalized spacial score (nSPS) is 11.1. The van der Waals surface area contributed by atoms with Crippen LogP contribution in [0.2, 0.25) is 0 Å². The lowest BCUT2D eigenvalue weighted by Crippen LogP contribution is -2.17. The predicted molar refractivity (Wildman–Crippen MR) is 112 cm³/mol. The van der Waals surface area contributed by atoms with Crippen molar-refractivity contribution in [3.05, 3.63) is 74.1 Å². The van der Waals surface area contributed by atoms with Crippen LogP contribution in [0.1, 0.15) is 23.7 Å². The third-order valence-electron chi connectivity index (χ3n) is 4.03. The van der Waals surface area contributed by atoms with Crippen LogP contribution in [0.4, 0.5) is 11.4 Å². The second-order valence-corrected chi connectivity index (χ2v) is 7.07. The molecule has 0 bridgehead atoms. The van der Waals surface area contributed by atoms with Gasteiger partial charge in [-0.15, -0.1) is 0 Å². The summed E-state index contributed by atoms with van der Waals surface area (Å²) in [6.07, 6.45) is 1.54. The lowest BCUT2D eigenvalue weighted by Gasteiger charge is -2.04. The Hall–Kier alpha value is -2.93. The summed E-state index contributed by atoms with van der Waals surface area (Å²) in [6.45, 7) is 5.25. The number of H-pyrrole nitrogens is 1. The number of nitrogens with one attached hydrogen (secondary N) is 2. The van der Waals surface area contributed by atoms with E-state index in [0.29, 0.717) is 16.9 Å². The molecule has 0 radical (unpaired) electrons. The fraction of sp³-hybridized carbons (Fsp3) is 0.150. The summed E-state index contributed by atoms with van der Waals surface area (Å²) in [5.41, 5.74) is 4.14. The number of carbonyl (C=O) groups excluding carboxylic acids is 1. The van der Waals surface area contributed by atoms with Crippen LogP contribution >= 0.6 is 15.9 Å². The number of halogens is 1. The largest absolute Gasteiger partial charge is 0.326 e. The Kier molecular flexibility index (Phi) is 5.41. The number of amides is 1. The third-order valence-corrected chi connectivity index (χ3v) is 4.92. The summed E-state index contributed by atoms with van der Waals surface area (Å²) in [4.78, 5) is 28.4. The van der Waals surface area contributed by atoms with Crippen molar-refractivity contribution in [2.24, 2.45) is 4.99 Å². The number of nitrogens with zero attached hydrogens (tertiary/aromatic N) is 2. The summed E-state index contributed by atoms with van der Waals surface area (Å²) in [5, 5.41) is 5.80. The van der Waals surface area contributed by atoms with Gasteiger partial charge in [0.2, 0.25) is 5.91 Å². The number of aromatic amines is 1. The lowest BCUT2D eigenvalue weighted by molar-refractivity contribution is -0.114. The highest BCUT2D eigenvalue weighted by atomic mass is 79.9. The molecule has 138 valence electrons. The topological polar surface area (TPSA) is 79.2 Å². The molecule has 1 aromatic heterocycles. The van der Waals surface area contributed by atoms with Gasteiger partial charge in [-0.3, -0.25) is 19.7 Å². The highest BCUT2D eigenvalue weighted by Crippen LogP contribution is 2.20. The van der Waals surface area contributed by atoms with Crippen molar-refractivity contribution >= 4 is 39.4 Å². The molecule has 0 spiro atoms. The molecule has 0 unspecified atom stereocenters. The molecule has 0 aliphatic heterocycles. The maximum absolute atomic E-state index is 12.8. The molecule has 0 saturated carbocycles. The third kappa shape index (κ3) is 4.25. The van der Waals surface area contributed by atoms with Gasteiger partial charge in [-0.05, 0) is 55.8 Å². The summed E-state index contributed by atoms with van der Waals surface area (Å²) in [7, 11) is 0. The quantitative estimate of drug-likeness (QED) is 0.611. The van der Waals surface area contributed by atoms with Gasteiger partial charge in [-0.1, -0.05) is 22.0 Å².